The van der Waals surface area contributed by atoms with Crippen LogP contribution in [0.1, 0.15) is 26.2 Å². The molecule has 114 valence electrons. The number of nitro groups is 1. The molecule has 0 aliphatic carbocycles. The highest BCUT2D eigenvalue weighted by molar-refractivity contribution is 5.70. The summed E-state index contributed by atoms with van der Waals surface area (Å²) in [6, 6.07) is 6.35. The van der Waals surface area contributed by atoms with Crippen molar-refractivity contribution in [3.63, 3.8) is 0 Å². The third-order valence-corrected chi connectivity index (χ3v) is 4.32. The van der Waals surface area contributed by atoms with E-state index in [0.717, 1.165) is 25.9 Å². The van der Waals surface area contributed by atoms with Crippen LogP contribution >= 0.6 is 0 Å². The number of ether oxygens (including phenoxy) is 1. The zero-order chi connectivity index (χ0) is 14.8. The first-order valence-electron chi connectivity index (χ1n) is 7.60. The third-order valence-electron chi connectivity index (χ3n) is 4.32. The fourth-order valence-corrected chi connectivity index (χ4v) is 3.38. The van der Waals surface area contributed by atoms with Gasteiger partial charge in [-0.05, 0) is 38.3 Å². The van der Waals surface area contributed by atoms with E-state index in [1.165, 1.54) is 6.42 Å². The van der Waals surface area contributed by atoms with E-state index in [4.69, 9.17) is 4.74 Å². The van der Waals surface area contributed by atoms with E-state index < -0.39 is 0 Å². The largest absolute Gasteiger partial charge is 0.487 e. The molecule has 0 saturated carbocycles. The van der Waals surface area contributed by atoms with Crippen molar-refractivity contribution in [2.75, 3.05) is 24.6 Å². The minimum absolute atomic E-state index is 0.0946. The van der Waals surface area contributed by atoms with E-state index in [2.05, 4.69) is 10.2 Å². The van der Waals surface area contributed by atoms with Gasteiger partial charge in [0.05, 0.1) is 11.5 Å². The average Bonchev–Trinajstić information content (AvgIpc) is 2.78. The van der Waals surface area contributed by atoms with Crippen LogP contribution in [0.15, 0.2) is 18.2 Å². The molecule has 0 amide bonds. The fourth-order valence-electron chi connectivity index (χ4n) is 3.38. The molecule has 2 bridgehead atoms. The van der Waals surface area contributed by atoms with Crippen LogP contribution in [-0.4, -0.2) is 36.7 Å². The summed E-state index contributed by atoms with van der Waals surface area (Å²) in [6.45, 7) is 3.94. The lowest BCUT2D eigenvalue weighted by atomic mass is 10.1. The Morgan fingerprint density at radius 3 is 2.95 bits per heavy atom. The SMILES string of the molecule is CCOc1cccc(N2CCC3CCC(C2)N3)c1[N+](=O)[O-]. The summed E-state index contributed by atoms with van der Waals surface area (Å²) in [5.74, 6) is 0.363. The van der Waals surface area contributed by atoms with Gasteiger partial charge >= 0.3 is 5.69 Å². The minimum atomic E-state index is -0.323. The molecule has 21 heavy (non-hydrogen) atoms. The quantitative estimate of drug-likeness (QED) is 0.681. The van der Waals surface area contributed by atoms with Gasteiger partial charge in [-0.3, -0.25) is 10.1 Å². The predicted molar refractivity (Wildman–Crippen MR) is 81.0 cm³/mol. The van der Waals surface area contributed by atoms with E-state index in [-0.39, 0.29) is 10.6 Å². The maximum Gasteiger partial charge on any atom is 0.333 e. The number of nitrogens with one attached hydrogen (secondary N) is 1. The monoisotopic (exact) mass is 291 g/mol. The van der Waals surface area contributed by atoms with Crippen molar-refractivity contribution in [2.45, 2.75) is 38.3 Å². The van der Waals surface area contributed by atoms with Crippen molar-refractivity contribution in [1.82, 2.24) is 5.32 Å². The summed E-state index contributed by atoms with van der Waals surface area (Å²) >= 11 is 0. The Labute approximate surface area is 124 Å². The van der Waals surface area contributed by atoms with Crippen molar-refractivity contribution in [3.05, 3.63) is 28.3 Å². The first-order valence-corrected chi connectivity index (χ1v) is 7.60. The Morgan fingerprint density at radius 1 is 1.38 bits per heavy atom. The predicted octanol–water partition coefficient (Wildman–Crippen LogP) is 2.32. The summed E-state index contributed by atoms with van der Waals surface area (Å²) in [4.78, 5) is 13.3. The molecule has 3 rings (SSSR count). The fraction of sp³-hybridized carbons (Fsp3) is 0.600. The Kier molecular flexibility index (Phi) is 3.96. The van der Waals surface area contributed by atoms with Gasteiger partial charge in [0.1, 0.15) is 5.69 Å². The van der Waals surface area contributed by atoms with Crippen LogP contribution in [0.3, 0.4) is 0 Å². The molecule has 6 nitrogen and oxygen atoms in total. The molecule has 2 saturated heterocycles. The number of hydrogen-bond acceptors (Lipinski definition) is 5. The van der Waals surface area contributed by atoms with E-state index in [0.29, 0.717) is 30.1 Å². The van der Waals surface area contributed by atoms with Crippen molar-refractivity contribution in [1.29, 1.82) is 0 Å². The Bertz CT molecular complexity index is 535. The molecule has 0 aromatic heterocycles. The first-order chi connectivity index (χ1) is 10.2. The van der Waals surface area contributed by atoms with Crippen LogP contribution < -0.4 is 15.0 Å². The van der Waals surface area contributed by atoms with Gasteiger partial charge in [-0.15, -0.1) is 0 Å². The standard InChI is InChI=1S/C15H21N3O3/c1-2-21-14-5-3-4-13(15(14)18(19)20)17-9-8-11-6-7-12(10-17)16-11/h3-5,11-12,16H,2,6-10H2,1H3. The number of rotatable bonds is 4. The molecule has 1 N–H and O–H groups in total. The van der Waals surface area contributed by atoms with E-state index in [1.807, 2.05) is 19.1 Å². The molecule has 2 fully saturated rings. The number of nitrogens with zero attached hydrogens (tertiary/aromatic N) is 2. The highest BCUT2D eigenvalue weighted by atomic mass is 16.6. The number of benzene rings is 1. The zero-order valence-electron chi connectivity index (χ0n) is 12.2. The van der Waals surface area contributed by atoms with Crippen molar-refractivity contribution in [3.8, 4) is 5.75 Å². The molecular weight excluding hydrogens is 270 g/mol. The number of hydrogen-bond donors (Lipinski definition) is 1. The summed E-state index contributed by atoms with van der Waals surface area (Å²) in [6.07, 6.45) is 3.41. The van der Waals surface area contributed by atoms with E-state index in [1.54, 1.807) is 6.07 Å². The van der Waals surface area contributed by atoms with Gasteiger partial charge < -0.3 is 15.0 Å². The molecule has 0 spiro atoms. The van der Waals surface area contributed by atoms with Crippen LogP contribution in [0, 0.1) is 10.1 Å². The van der Waals surface area contributed by atoms with Crippen LogP contribution in [0.4, 0.5) is 11.4 Å². The Morgan fingerprint density at radius 2 is 2.19 bits per heavy atom. The van der Waals surface area contributed by atoms with Gasteiger partial charge in [-0.25, -0.2) is 0 Å². The highest BCUT2D eigenvalue weighted by Gasteiger charge is 2.32. The summed E-state index contributed by atoms with van der Waals surface area (Å²) < 4.78 is 5.44. The van der Waals surface area contributed by atoms with Crippen molar-refractivity contribution >= 4 is 11.4 Å². The first kappa shape index (κ1) is 14.1. The number of para-hydroxylation sites is 1. The lowest BCUT2D eigenvalue weighted by molar-refractivity contribution is -0.385. The smallest absolute Gasteiger partial charge is 0.333 e. The van der Waals surface area contributed by atoms with Gasteiger partial charge in [-0.1, -0.05) is 6.07 Å². The molecule has 2 atom stereocenters. The molecule has 2 aliphatic rings. The summed E-state index contributed by atoms with van der Waals surface area (Å²) in [7, 11) is 0. The maximum absolute atomic E-state index is 11.5. The van der Waals surface area contributed by atoms with Gasteiger partial charge in [0.2, 0.25) is 0 Å². The second-order valence-electron chi connectivity index (χ2n) is 5.69. The molecule has 1 aromatic rings. The maximum atomic E-state index is 11.5. The van der Waals surface area contributed by atoms with E-state index >= 15 is 0 Å². The number of fused-ring (bicyclic) bond motifs is 2. The Hall–Kier alpha value is -1.82. The van der Waals surface area contributed by atoms with Crippen LogP contribution in [-0.2, 0) is 0 Å². The molecule has 0 radical (unpaired) electrons. The zero-order valence-corrected chi connectivity index (χ0v) is 12.2. The highest BCUT2D eigenvalue weighted by Crippen LogP contribution is 2.38. The third kappa shape index (κ3) is 2.81. The molecule has 2 unspecified atom stereocenters. The second kappa shape index (κ2) is 5.89. The van der Waals surface area contributed by atoms with Crippen LogP contribution in [0.25, 0.3) is 0 Å². The van der Waals surface area contributed by atoms with Gasteiger partial charge in [0.15, 0.2) is 5.75 Å². The minimum Gasteiger partial charge on any atom is -0.487 e. The molecule has 2 aliphatic heterocycles. The molecule has 6 heteroatoms. The van der Waals surface area contributed by atoms with Gasteiger partial charge in [0.25, 0.3) is 0 Å². The normalized spacial score (nSPS) is 24.7. The lowest BCUT2D eigenvalue weighted by Crippen LogP contribution is -2.35. The van der Waals surface area contributed by atoms with Crippen molar-refractivity contribution < 1.29 is 9.66 Å². The second-order valence-corrected chi connectivity index (χ2v) is 5.69. The molecular formula is C15H21N3O3. The molecule has 2 heterocycles. The van der Waals surface area contributed by atoms with Crippen LogP contribution in [0.5, 0.6) is 5.75 Å². The number of anilines is 1. The average molecular weight is 291 g/mol. The lowest BCUT2D eigenvalue weighted by Gasteiger charge is -2.26. The van der Waals surface area contributed by atoms with Gasteiger partial charge in [0, 0.05) is 25.2 Å². The van der Waals surface area contributed by atoms with Gasteiger partial charge in [-0.2, -0.15) is 0 Å². The van der Waals surface area contributed by atoms with Crippen LogP contribution in [0.2, 0.25) is 0 Å². The molecule has 1 aromatic carbocycles. The summed E-state index contributed by atoms with van der Waals surface area (Å²) in [5.41, 5.74) is 0.775. The topological polar surface area (TPSA) is 67.6 Å². The van der Waals surface area contributed by atoms with Crippen molar-refractivity contribution in [2.24, 2.45) is 0 Å². The summed E-state index contributed by atoms with van der Waals surface area (Å²) in [5, 5.41) is 15.1. The number of nitro benzene ring substituents is 1. The Balaban J connectivity index is 1.93. The van der Waals surface area contributed by atoms with E-state index in [9.17, 15) is 10.1 Å².